The highest BCUT2D eigenvalue weighted by Crippen LogP contribution is 2.25. The van der Waals surface area contributed by atoms with Crippen molar-refractivity contribution in [3.05, 3.63) is 52.3 Å². The molecular formula is C13H12N2O4. The number of rotatable bonds is 4. The van der Waals surface area contributed by atoms with Gasteiger partial charge in [-0.05, 0) is 19.1 Å². The Labute approximate surface area is 109 Å². The Bertz CT molecular complexity index is 619. The second-order valence-corrected chi connectivity index (χ2v) is 3.83. The summed E-state index contributed by atoms with van der Waals surface area (Å²) in [7, 11) is 0. The molecule has 2 rings (SSSR count). The fourth-order valence-electron chi connectivity index (χ4n) is 1.64. The lowest BCUT2D eigenvalue weighted by Gasteiger charge is -1.99. The number of nitrogens with one attached hydrogen (secondary N) is 1. The number of benzene rings is 1. The minimum Gasteiger partial charge on any atom is -0.451 e. The lowest BCUT2D eigenvalue weighted by Crippen LogP contribution is -2.21. The average Bonchev–Trinajstić information content (AvgIpc) is 2.89. The second kappa shape index (κ2) is 5.34. The maximum absolute atomic E-state index is 11.6. The molecule has 1 heterocycles. The van der Waals surface area contributed by atoms with Gasteiger partial charge in [-0.2, -0.15) is 0 Å². The number of carbonyl (C=O) groups is 1. The number of nitro benzene ring substituents is 1. The van der Waals surface area contributed by atoms with Gasteiger partial charge in [-0.3, -0.25) is 14.9 Å². The van der Waals surface area contributed by atoms with Crippen molar-refractivity contribution in [2.45, 2.75) is 6.92 Å². The summed E-state index contributed by atoms with van der Waals surface area (Å²) in [5.74, 6) is 0.299. The van der Waals surface area contributed by atoms with Crippen LogP contribution in [-0.4, -0.2) is 17.4 Å². The van der Waals surface area contributed by atoms with Crippen LogP contribution in [0.15, 0.2) is 40.8 Å². The molecule has 0 aliphatic carbocycles. The van der Waals surface area contributed by atoms with Crippen molar-refractivity contribution in [1.82, 2.24) is 5.32 Å². The van der Waals surface area contributed by atoms with Gasteiger partial charge in [0, 0.05) is 24.2 Å². The van der Waals surface area contributed by atoms with Crippen molar-refractivity contribution >= 4 is 11.6 Å². The summed E-state index contributed by atoms with van der Waals surface area (Å²) < 4.78 is 5.38. The molecule has 1 N–H and O–H groups in total. The topological polar surface area (TPSA) is 85.4 Å². The van der Waals surface area contributed by atoms with Crippen LogP contribution >= 0.6 is 0 Å². The fourth-order valence-corrected chi connectivity index (χ4v) is 1.64. The van der Waals surface area contributed by atoms with E-state index in [0.717, 1.165) is 0 Å². The summed E-state index contributed by atoms with van der Waals surface area (Å²) in [6.45, 7) is 2.31. The molecule has 6 heteroatoms. The van der Waals surface area contributed by atoms with Gasteiger partial charge in [0.15, 0.2) is 5.76 Å². The molecule has 98 valence electrons. The first-order valence-electron chi connectivity index (χ1n) is 5.74. The van der Waals surface area contributed by atoms with Crippen LogP contribution in [0.25, 0.3) is 11.3 Å². The maximum Gasteiger partial charge on any atom is 0.287 e. The third-order valence-electron chi connectivity index (χ3n) is 2.51. The highest BCUT2D eigenvalue weighted by atomic mass is 16.6. The van der Waals surface area contributed by atoms with Crippen LogP contribution in [-0.2, 0) is 0 Å². The lowest BCUT2D eigenvalue weighted by atomic mass is 10.1. The molecule has 0 unspecified atom stereocenters. The summed E-state index contributed by atoms with van der Waals surface area (Å²) in [5.41, 5.74) is 0.540. The van der Waals surface area contributed by atoms with E-state index in [1.807, 2.05) is 6.92 Å². The van der Waals surface area contributed by atoms with E-state index in [2.05, 4.69) is 5.32 Å². The van der Waals surface area contributed by atoms with Crippen LogP contribution in [0.4, 0.5) is 5.69 Å². The Balaban J connectivity index is 2.30. The van der Waals surface area contributed by atoms with Gasteiger partial charge in [0.25, 0.3) is 11.6 Å². The third kappa shape index (κ3) is 2.79. The molecule has 0 atom stereocenters. The molecule has 1 aromatic heterocycles. The number of nitro groups is 1. The molecule has 6 nitrogen and oxygen atoms in total. The Morgan fingerprint density at radius 2 is 2.16 bits per heavy atom. The molecule has 1 amide bonds. The minimum absolute atomic E-state index is 0.0199. The Morgan fingerprint density at radius 1 is 1.37 bits per heavy atom. The van der Waals surface area contributed by atoms with E-state index < -0.39 is 4.92 Å². The zero-order valence-corrected chi connectivity index (χ0v) is 10.3. The van der Waals surface area contributed by atoms with E-state index in [-0.39, 0.29) is 17.4 Å². The Kier molecular flexibility index (Phi) is 3.61. The molecular weight excluding hydrogens is 248 g/mol. The number of furan rings is 1. The van der Waals surface area contributed by atoms with Crippen molar-refractivity contribution in [2.24, 2.45) is 0 Å². The summed E-state index contributed by atoms with van der Waals surface area (Å²) >= 11 is 0. The molecule has 0 fully saturated rings. The zero-order chi connectivity index (χ0) is 13.8. The first-order valence-corrected chi connectivity index (χ1v) is 5.74. The third-order valence-corrected chi connectivity index (χ3v) is 2.51. The molecule has 0 saturated heterocycles. The van der Waals surface area contributed by atoms with E-state index in [0.29, 0.717) is 17.9 Å². The van der Waals surface area contributed by atoms with Crippen LogP contribution in [0.5, 0.6) is 0 Å². The van der Waals surface area contributed by atoms with Gasteiger partial charge in [-0.15, -0.1) is 0 Å². The number of nitrogens with zero attached hydrogens (tertiary/aromatic N) is 1. The van der Waals surface area contributed by atoms with E-state index in [4.69, 9.17) is 4.42 Å². The summed E-state index contributed by atoms with van der Waals surface area (Å²) in [5, 5.41) is 13.3. The van der Waals surface area contributed by atoms with Crippen LogP contribution < -0.4 is 5.32 Å². The Hall–Kier alpha value is -2.63. The van der Waals surface area contributed by atoms with Crippen LogP contribution in [0.1, 0.15) is 17.5 Å². The van der Waals surface area contributed by atoms with Gasteiger partial charge in [-0.1, -0.05) is 12.1 Å². The van der Waals surface area contributed by atoms with Crippen molar-refractivity contribution in [3.8, 4) is 11.3 Å². The van der Waals surface area contributed by atoms with Gasteiger partial charge < -0.3 is 9.73 Å². The average molecular weight is 260 g/mol. The summed E-state index contributed by atoms with van der Waals surface area (Å²) in [6, 6.07) is 9.22. The smallest absolute Gasteiger partial charge is 0.287 e. The quantitative estimate of drug-likeness (QED) is 0.676. The number of hydrogen-bond donors (Lipinski definition) is 1. The number of hydrogen-bond acceptors (Lipinski definition) is 4. The number of amides is 1. The van der Waals surface area contributed by atoms with Crippen molar-refractivity contribution in [1.29, 1.82) is 0 Å². The molecule has 0 radical (unpaired) electrons. The van der Waals surface area contributed by atoms with Crippen LogP contribution in [0, 0.1) is 10.1 Å². The zero-order valence-electron chi connectivity index (χ0n) is 10.3. The van der Waals surface area contributed by atoms with E-state index >= 15 is 0 Å². The molecule has 1 aromatic carbocycles. The van der Waals surface area contributed by atoms with Gasteiger partial charge in [0.2, 0.25) is 0 Å². The Morgan fingerprint density at radius 3 is 2.84 bits per heavy atom. The van der Waals surface area contributed by atoms with Crippen LogP contribution in [0.3, 0.4) is 0 Å². The largest absolute Gasteiger partial charge is 0.451 e. The SMILES string of the molecule is CCNC(=O)c1ccc(-c2cccc([N+](=O)[O-])c2)o1. The fraction of sp³-hybridized carbons (Fsp3) is 0.154. The monoisotopic (exact) mass is 260 g/mol. The summed E-state index contributed by atoms with van der Waals surface area (Å²) in [6.07, 6.45) is 0. The van der Waals surface area contributed by atoms with Crippen LogP contribution in [0.2, 0.25) is 0 Å². The molecule has 0 saturated carbocycles. The predicted octanol–water partition coefficient (Wildman–Crippen LogP) is 2.60. The normalized spacial score (nSPS) is 10.2. The number of carbonyl (C=O) groups excluding carboxylic acids is 1. The number of non-ortho nitro benzene ring substituents is 1. The maximum atomic E-state index is 11.6. The van der Waals surface area contributed by atoms with E-state index in [1.54, 1.807) is 24.3 Å². The minimum atomic E-state index is -0.475. The molecule has 2 aromatic rings. The van der Waals surface area contributed by atoms with Gasteiger partial charge >= 0.3 is 0 Å². The van der Waals surface area contributed by atoms with E-state index in [9.17, 15) is 14.9 Å². The molecule has 19 heavy (non-hydrogen) atoms. The summed E-state index contributed by atoms with van der Waals surface area (Å²) in [4.78, 5) is 21.8. The molecule has 0 bridgehead atoms. The van der Waals surface area contributed by atoms with E-state index in [1.165, 1.54) is 12.1 Å². The van der Waals surface area contributed by atoms with Gasteiger partial charge in [0.1, 0.15) is 5.76 Å². The highest BCUT2D eigenvalue weighted by Gasteiger charge is 2.13. The van der Waals surface area contributed by atoms with Gasteiger partial charge in [0.05, 0.1) is 4.92 Å². The molecule has 0 spiro atoms. The predicted molar refractivity (Wildman–Crippen MR) is 68.8 cm³/mol. The molecule has 0 aliphatic heterocycles. The van der Waals surface area contributed by atoms with Crippen molar-refractivity contribution < 1.29 is 14.1 Å². The standard InChI is InChI=1S/C13H12N2O4/c1-2-14-13(16)12-7-6-11(19-12)9-4-3-5-10(8-9)15(17)18/h3-8H,2H2,1H3,(H,14,16). The lowest BCUT2D eigenvalue weighted by molar-refractivity contribution is -0.384. The highest BCUT2D eigenvalue weighted by molar-refractivity contribution is 5.92. The first-order chi connectivity index (χ1) is 9.11. The van der Waals surface area contributed by atoms with Crippen molar-refractivity contribution in [2.75, 3.05) is 6.54 Å². The molecule has 0 aliphatic rings. The van der Waals surface area contributed by atoms with Crippen molar-refractivity contribution in [3.63, 3.8) is 0 Å². The second-order valence-electron chi connectivity index (χ2n) is 3.83. The van der Waals surface area contributed by atoms with Gasteiger partial charge in [-0.25, -0.2) is 0 Å². The first kappa shape index (κ1) is 12.8.